The van der Waals surface area contributed by atoms with Gasteiger partial charge in [-0.15, -0.1) is 0 Å². The molecule has 0 aliphatic carbocycles. The van der Waals surface area contributed by atoms with E-state index in [9.17, 15) is 17.6 Å². The van der Waals surface area contributed by atoms with E-state index < -0.39 is 10.0 Å². The van der Waals surface area contributed by atoms with E-state index >= 15 is 0 Å². The molecule has 1 aliphatic heterocycles. The molecule has 1 N–H and O–H groups in total. The van der Waals surface area contributed by atoms with Crippen LogP contribution in [0.2, 0.25) is 10.0 Å². The van der Waals surface area contributed by atoms with Gasteiger partial charge in [-0.2, -0.15) is 0 Å². The molecule has 1 amide bonds. The molecule has 0 spiro atoms. The maximum Gasteiger partial charge on any atom is 0.227 e. The van der Waals surface area contributed by atoms with Crippen LogP contribution >= 0.6 is 23.2 Å². The van der Waals surface area contributed by atoms with Gasteiger partial charge in [-0.1, -0.05) is 29.3 Å². The molecule has 0 radical (unpaired) electrons. The summed E-state index contributed by atoms with van der Waals surface area (Å²) >= 11 is 11.8. The molecule has 1 fully saturated rings. The lowest BCUT2D eigenvalue weighted by molar-refractivity contribution is -0.120. The molecule has 9 heteroatoms. The van der Waals surface area contributed by atoms with Gasteiger partial charge >= 0.3 is 0 Å². The van der Waals surface area contributed by atoms with Crippen LogP contribution in [-0.2, 0) is 20.6 Å². The Morgan fingerprint density at radius 3 is 2.32 bits per heavy atom. The summed E-state index contributed by atoms with van der Waals surface area (Å²) in [5.74, 6) is -1.02. The number of carbonyl (C=O) groups excluding carboxylic acids is 1. The highest BCUT2D eigenvalue weighted by Gasteiger charge is 2.31. The van der Waals surface area contributed by atoms with Crippen LogP contribution in [0.3, 0.4) is 0 Å². The van der Waals surface area contributed by atoms with Crippen molar-refractivity contribution in [2.45, 2.75) is 18.6 Å². The number of nitrogens with one attached hydrogen (secondary N) is 1. The highest BCUT2D eigenvalue weighted by Crippen LogP contribution is 2.26. The van der Waals surface area contributed by atoms with E-state index in [-0.39, 0.29) is 36.5 Å². The van der Waals surface area contributed by atoms with Gasteiger partial charge < -0.3 is 5.32 Å². The smallest absolute Gasteiger partial charge is 0.227 e. The first kappa shape index (κ1) is 21.0. The molecule has 1 aliphatic rings. The Hall–Kier alpha value is -1.67. The van der Waals surface area contributed by atoms with Crippen molar-refractivity contribution in [3.63, 3.8) is 0 Å². The van der Waals surface area contributed by atoms with Crippen molar-refractivity contribution in [3.05, 3.63) is 63.9 Å². The topological polar surface area (TPSA) is 66.5 Å². The van der Waals surface area contributed by atoms with Crippen LogP contribution in [0.25, 0.3) is 0 Å². The molecule has 0 atom stereocenters. The third-order valence-corrected chi connectivity index (χ3v) is 7.25. The first-order valence-electron chi connectivity index (χ1n) is 8.73. The SMILES string of the molecule is O=C(Nc1ccc(F)cc1)C1CCN(S(=O)(=O)Cc2ccc(Cl)c(Cl)c2)CC1. The molecule has 0 aromatic heterocycles. The summed E-state index contributed by atoms with van der Waals surface area (Å²) in [6.07, 6.45) is 0.848. The highest BCUT2D eigenvalue weighted by molar-refractivity contribution is 7.88. The number of rotatable bonds is 5. The maximum absolute atomic E-state index is 12.9. The third-order valence-electron chi connectivity index (χ3n) is 4.66. The van der Waals surface area contributed by atoms with Gasteiger partial charge in [0.2, 0.25) is 15.9 Å². The molecule has 2 aromatic rings. The van der Waals surface area contributed by atoms with Crippen molar-refractivity contribution >= 4 is 44.8 Å². The summed E-state index contributed by atoms with van der Waals surface area (Å²) in [7, 11) is -3.52. The average molecular weight is 445 g/mol. The predicted molar refractivity (Wildman–Crippen MR) is 108 cm³/mol. The van der Waals surface area contributed by atoms with Crippen LogP contribution in [-0.4, -0.2) is 31.7 Å². The number of benzene rings is 2. The molecule has 150 valence electrons. The van der Waals surface area contributed by atoms with Crippen molar-refractivity contribution in [2.75, 3.05) is 18.4 Å². The minimum atomic E-state index is -3.52. The number of hydrogen-bond donors (Lipinski definition) is 1. The summed E-state index contributed by atoms with van der Waals surface area (Å²) < 4.78 is 39.7. The molecular weight excluding hydrogens is 426 g/mol. The van der Waals surface area contributed by atoms with E-state index in [0.29, 0.717) is 34.1 Å². The minimum absolute atomic E-state index is 0.170. The Morgan fingerprint density at radius 2 is 1.71 bits per heavy atom. The Kier molecular flexibility index (Phi) is 6.60. The summed E-state index contributed by atoms with van der Waals surface area (Å²) in [5, 5.41) is 3.42. The standard InChI is InChI=1S/C19H19Cl2FN2O3S/c20-17-6-1-13(11-18(17)21)12-28(26,27)24-9-7-14(8-10-24)19(25)23-16-4-2-15(22)3-5-16/h1-6,11,14H,7-10,12H2,(H,23,25). The van der Waals surface area contributed by atoms with E-state index in [2.05, 4.69) is 5.32 Å². The molecular formula is C19H19Cl2FN2O3S. The summed E-state index contributed by atoms with van der Waals surface area (Å²) in [5.41, 5.74) is 1.08. The van der Waals surface area contributed by atoms with Gasteiger partial charge in [-0.25, -0.2) is 17.1 Å². The Labute approximate surface area is 173 Å². The summed E-state index contributed by atoms with van der Waals surface area (Å²) in [6, 6.07) is 10.3. The minimum Gasteiger partial charge on any atom is -0.326 e. The van der Waals surface area contributed by atoms with E-state index in [1.165, 1.54) is 28.6 Å². The average Bonchev–Trinajstić information content (AvgIpc) is 2.66. The third kappa shape index (κ3) is 5.23. The number of sulfonamides is 1. The Bertz CT molecular complexity index is 960. The van der Waals surface area contributed by atoms with E-state index in [1.54, 1.807) is 18.2 Å². The van der Waals surface area contributed by atoms with Crippen molar-refractivity contribution in [2.24, 2.45) is 5.92 Å². The van der Waals surface area contributed by atoms with Crippen LogP contribution < -0.4 is 5.32 Å². The lowest BCUT2D eigenvalue weighted by atomic mass is 9.97. The fourth-order valence-electron chi connectivity index (χ4n) is 3.11. The quantitative estimate of drug-likeness (QED) is 0.746. The van der Waals surface area contributed by atoms with Gasteiger partial charge in [0.1, 0.15) is 5.82 Å². The zero-order chi connectivity index (χ0) is 20.3. The number of hydrogen-bond acceptors (Lipinski definition) is 3. The van der Waals surface area contributed by atoms with Gasteiger partial charge in [0.05, 0.1) is 15.8 Å². The number of piperidine rings is 1. The van der Waals surface area contributed by atoms with Crippen LogP contribution in [0.1, 0.15) is 18.4 Å². The summed E-state index contributed by atoms with van der Waals surface area (Å²) in [6.45, 7) is 0.538. The highest BCUT2D eigenvalue weighted by atomic mass is 35.5. The van der Waals surface area contributed by atoms with Crippen LogP contribution in [0.4, 0.5) is 10.1 Å². The molecule has 0 bridgehead atoms. The largest absolute Gasteiger partial charge is 0.326 e. The monoisotopic (exact) mass is 444 g/mol. The first-order valence-corrected chi connectivity index (χ1v) is 11.1. The second kappa shape index (κ2) is 8.78. The number of amides is 1. The van der Waals surface area contributed by atoms with Crippen molar-refractivity contribution in [3.8, 4) is 0 Å². The lowest BCUT2D eigenvalue weighted by Gasteiger charge is -2.30. The van der Waals surface area contributed by atoms with Gasteiger partial charge in [0.25, 0.3) is 0 Å². The normalized spacial score (nSPS) is 16.1. The van der Waals surface area contributed by atoms with Crippen LogP contribution in [0.5, 0.6) is 0 Å². The Balaban J connectivity index is 1.56. The van der Waals surface area contributed by atoms with E-state index in [1.807, 2.05) is 0 Å². The van der Waals surface area contributed by atoms with Crippen molar-refractivity contribution < 1.29 is 17.6 Å². The molecule has 3 rings (SSSR count). The molecule has 2 aromatic carbocycles. The molecule has 1 saturated heterocycles. The van der Waals surface area contributed by atoms with Gasteiger partial charge in [0.15, 0.2) is 0 Å². The summed E-state index contributed by atoms with van der Waals surface area (Å²) in [4.78, 5) is 12.4. The fourth-order valence-corrected chi connectivity index (χ4v) is 4.98. The van der Waals surface area contributed by atoms with Gasteiger partial charge in [0, 0.05) is 24.7 Å². The van der Waals surface area contributed by atoms with Crippen molar-refractivity contribution in [1.29, 1.82) is 0 Å². The number of halogens is 3. The van der Waals surface area contributed by atoms with Crippen molar-refractivity contribution in [1.82, 2.24) is 4.31 Å². The molecule has 28 heavy (non-hydrogen) atoms. The second-order valence-corrected chi connectivity index (χ2v) is 9.46. The predicted octanol–water partition coefficient (Wildman–Crippen LogP) is 4.31. The van der Waals surface area contributed by atoms with E-state index in [0.717, 1.165) is 0 Å². The van der Waals surface area contributed by atoms with Gasteiger partial charge in [-0.3, -0.25) is 4.79 Å². The second-order valence-electron chi connectivity index (χ2n) is 6.67. The molecule has 0 saturated carbocycles. The molecule has 1 heterocycles. The Morgan fingerprint density at radius 1 is 1.07 bits per heavy atom. The molecule has 5 nitrogen and oxygen atoms in total. The zero-order valence-corrected chi connectivity index (χ0v) is 17.2. The number of nitrogens with zero attached hydrogens (tertiary/aromatic N) is 1. The lowest BCUT2D eigenvalue weighted by Crippen LogP contribution is -2.41. The van der Waals surface area contributed by atoms with E-state index in [4.69, 9.17) is 23.2 Å². The zero-order valence-electron chi connectivity index (χ0n) is 14.9. The molecule has 0 unspecified atom stereocenters. The fraction of sp³-hybridized carbons (Fsp3) is 0.316. The maximum atomic E-state index is 12.9. The van der Waals surface area contributed by atoms with Gasteiger partial charge in [-0.05, 0) is 54.8 Å². The first-order chi connectivity index (χ1) is 13.2. The number of anilines is 1. The van der Waals surface area contributed by atoms with Crippen LogP contribution in [0.15, 0.2) is 42.5 Å². The van der Waals surface area contributed by atoms with Crippen LogP contribution in [0, 0.1) is 11.7 Å². The number of carbonyl (C=O) groups is 1.